The first kappa shape index (κ1) is 16.5. The summed E-state index contributed by atoms with van der Waals surface area (Å²) in [6.45, 7) is 3.17. The molecule has 0 N–H and O–H groups in total. The zero-order chi connectivity index (χ0) is 17.3. The van der Waals surface area contributed by atoms with Gasteiger partial charge in [0, 0.05) is 12.3 Å². The van der Waals surface area contributed by atoms with Gasteiger partial charge in [0.15, 0.2) is 5.79 Å². The third-order valence-corrected chi connectivity index (χ3v) is 5.81. The van der Waals surface area contributed by atoms with Crippen molar-refractivity contribution in [2.45, 2.75) is 37.4 Å². The third-order valence-electron chi connectivity index (χ3n) is 5.81. The molecule has 1 aliphatic carbocycles. The largest absolute Gasteiger partial charge is 0.348 e. The van der Waals surface area contributed by atoms with Crippen molar-refractivity contribution in [3.63, 3.8) is 0 Å². The molecule has 1 saturated heterocycles. The van der Waals surface area contributed by atoms with Crippen molar-refractivity contribution in [1.29, 1.82) is 0 Å². The topological polar surface area (TPSA) is 35.5 Å². The first-order valence-electron chi connectivity index (χ1n) is 9.09. The van der Waals surface area contributed by atoms with Gasteiger partial charge in [-0.15, -0.1) is 0 Å². The molecule has 2 fully saturated rings. The summed E-state index contributed by atoms with van der Waals surface area (Å²) >= 11 is 0. The summed E-state index contributed by atoms with van der Waals surface area (Å²) in [5.41, 5.74) is 2.04. The van der Waals surface area contributed by atoms with E-state index in [0.717, 1.165) is 6.42 Å². The van der Waals surface area contributed by atoms with Gasteiger partial charge in [-0.2, -0.15) is 0 Å². The number of ketones is 1. The van der Waals surface area contributed by atoms with E-state index in [1.807, 2.05) is 12.1 Å². The minimum Gasteiger partial charge on any atom is -0.348 e. The Morgan fingerprint density at radius 1 is 0.920 bits per heavy atom. The van der Waals surface area contributed by atoms with Gasteiger partial charge in [0.25, 0.3) is 0 Å². The third kappa shape index (κ3) is 2.72. The Kier molecular flexibility index (Phi) is 4.22. The minimum absolute atomic E-state index is 0.157. The predicted octanol–water partition coefficient (Wildman–Crippen LogP) is 4.10. The molecule has 1 saturated carbocycles. The van der Waals surface area contributed by atoms with Gasteiger partial charge in [0.2, 0.25) is 0 Å². The first-order valence-corrected chi connectivity index (χ1v) is 9.09. The Balaban J connectivity index is 1.70. The molecular formula is C22H24O3. The van der Waals surface area contributed by atoms with Crippen LogP contribution in [-0.4, -0.2) is 24.8 Å². The molecular weight excluding hydrogens is 312 g/mol. The highest BCUT2D eigenvalue weighted by molar-refractivity contribution is 5.82. The number of ether oxygens (including phenoxy) is 2. The molecule has 0 radical (unpaired) electrons. The van der Waals surface area contributed by atoms with Crippen LogP contribution in [0.2, 0.25) is 0 Å². The average molecular weight is 336 g/mol. The zero-order valence-electron chi connectivity index (χ0n) is 14.6. The lowest BCUT2D eigenvalue weighted by Crippen LogP contribution is -2.54. The molecule has 130 valence electrons. The summed E-state index contributed by atoms with van der Waals surface area (Å²) in [6.07, 6.45) is 1.85. The SMILES string of the molecule is CC[C@@H]1CC(=O)CC12OCC(c1ccccc1)(c1ccccc1)CO2. The van der Waals surface area contributed by atoms with E-state index < -0.39 is 5.79 Å². The molecule has 0 unspecified atom stereocenters. The number of carbonyl (C=O) groups excluding carboxylic acids is 1. The fraction of sp³-hybridized carbons (Fsp3) is 0.409. The van der Waals surface area contributed by atoms with Crippen molar-refractivity contribution in [1.82, 2.24) is 0 Å². The van der Waals surface area contributed by atoms with E-state index in [9.17, 15) is 4.79 Å². The van der Waals surface area contributed by atoms with E-state index >= 15 is 0 Å². The summed E-state index contributed by atoms with van der Waals surface area (Å²) in [7, 11) is 0. The van der Waals surface area contributed by atoms with E-state index in [2.05, 4.69) is 55.5 Å². The Hall–Kier alpha value is -1.97. The molecule has 0 bridgehead atoms. The lowest BCUT2D eigenvalue weighted by atomic mass is 9.74. The van der Waals surface area contributed by atoms with E-state index in [0.29, 0.717) is 26.1 Å². The van der Waals surface area contributed by atoms with Crippen molar-refractivity contribution in [2.75, 3.05) is 13.2 Å². The van der Waals surface area contributed by atoms with Gasteiger partial charge in [-0.25, -0.2) is 0 Å². The van der Waals surface area contributed by atoms with Crippen molar-refractivity contribution in [2.24, 2.45) is 5.92 Å². The lowest BCUT2D eigenvalue weighted by molar-refractivity contribution is -0.299. The summed E-state index contributed by atoms with van der Waals surface area (Å²) in [5.74, 6) is -0.317. The van der Waals surface area contributed by atoms with Crippen LogP contribution in [0.3, 0.4) is 0 Å². The van der Waals surface area contributed by atoms with Gasteiger partial charge in [-0.1, -0.05) is 67.6 Å². The fourth-order valence-electron chi connectivity index (χ4n) is 4.30. The maximum Gasteiger partial charge on any atom is 0.178 e. The van der Waals surface area contributed by atoms with E-state index in [1.165, 1.54) is 11.1 Å². The molecule has 1 heterocycles. The second-order valence-corrected chi connectivity index (χ2v) is 7.23. The van der Waals surface area contributed by atoms with Gasteiger partial charge in [0.1, 0.15) is 5.78 Å². The van der Waals surface area contributed by atoms with Crippen LogP contribution in [0.15, 0.2) is 60.7 Å². The lowest BCUT2D eigenvalue weighted by Gasteiger charge is -2.47. The van der Waals surface area contributed by atoms with Crippen molar-refractivity contribution in [3.8, 4) is 0 Å². The Morgan fingerprint density at radius 2 is 1.44 bits per heavy atom. The molecule has 1 atom stereocenters. The Labute approximate surface area is 149 Å². The molecule has 25 heavy (non-hydrogen) atoms. The molecule has 3 nitrogen and oxygen atoms in total. The van der Waals surface area contributed by atoms with Crippen LogP contribution in [0.1, 0.15) is 37.3 Å². The van der Waals surface area contributed by atoms with Crippen LogP contribution >= 0.6 is 0 Å². The highest BCUT2D eigenvalue weighted by Crippen LogP contribution is 2.47. The second kappa shape index (κ2) is 6.40. The van der Waals surface area contributed by atoms with Crippen LogP contribution in [0, 0.1) is 5.92 Å². The quantitative estimate of drug-likeness (QED) is 0.846. The number of benzene rings is 2. The molecule has 2 aliphatic rings. The van der Waals surface area contributed by atoms with Crippen molar-refractivity contribution in [3.05, 3.63) is 71.8 Å². The van der Waals surface area contributed by atoms with E-state index in [4.69, 9.17) is 9.47 Å². The van der Waals surface area contributed by atoms with Crippen LogP contribution in [-0.2, 0) is 19.7 Å². The standard InChI is InChI=1S/C22H24O3/c1-2-17-13-20(23)14-22(17)24-15-21(16-25-22,18-9-5-3-6-10-18)19-11-7-4-8-12-19/h3-12,17H,2,13-16H2,1H3/t17-/m1/s1. The van der Waals surface area contributed by atoms with Gasteiger partial charge >= 0.3 is 0 Å². The molecule has 2 aromatic rings. The maximum absolute atomic E-state index is 12.0. The number of rotatable bonds is 3. The minimum atomic E-state index is -0.723. The molecule has 0 aromatic heterocycles. The normalized spacial score (nSPS) is 24.5. The zero-order valence-corrected chi connectivity index (χ0v) is 14.6. The molecule has 1 aliphatic heterocycles. The van der Waals surface area contributed by atoms with Crippen molar-refractivity contribution < 1.29 is 14.3 Å². The van der Waals surface area contributed by atoms with Crippen LogP contribution in [0.4, 0.5) is 0 Å². The van der Waals surface area contributed by atoms with Gasteiger partial charge in [-0.3, -0.25) is 4.79 Å². The molecule has 4 rings (SSSR count). The summed E-state index contributed by atoms with van der Waals surface area (Å²) in [5, 5.41) is 0. The summed E-state index contributed by atoms with van der Waals surface area (Å²) < 4.78 is 12.8. The monoisotopic (exact) mass is 336 g/mol. The van der Waals surface area contributed by atoms with Gasteiger partial charge < -0.3 is 9.47 Å². The molecule has 1 spiro atoms. The Morgan fingerprint density at radius 3 is 1.92 bits per heavy atom. The fourth-order valence-corrected chi connectivity index (χ4v) is 4.30. The Bertz CT molecular complexity index is 689. The highest BCUT2D eigenvalue weighted by Gasteiger charge is 2.54. The van der Waals surface area contributed by atoms with Crippen LogP contribution in [0.5, 0.6) is 0 Å². The average Bonchev–Trinajstić information content (AvgIpc) is 2.99. The van der Waals surface area contributed by atoms with Crippen LogP contribution in [0.25, 0.3) is 0 Å². The van der Waals surface area contributed by atoms with E-state index in [-0.39, 0.29) is 17.1 Å². The van der Waals surface area contributed by atoms with E-state index in [1.54, 1.807) is 0 Å². The molecule has 0 amide bonds. The summed E-state index contributed by atoms with van der Waals surface area (Å²) in [6, 6.07) is 20.8. The van der Waals surface area contributed by atoms with Crippen molar-refractivity contribution >= 4 is 5.78 Å². The molecule has 3 heteroatoms. The number of carbonyl (C=O) groups is 1. The van der Waals surface area contributed by atoms with Crippen LogP contribution < -0.4 is 0 Å². The molecule has 2 aromatic carbocycles. The smallest absolute Gasteiger partial charge is 0.178 e. The number of Topliss-reactive ketones (excluding diaryl/α,β-unsaturated/α-hetero) is 1. The summed E-state index contributed by atoms with van der Waals surface area (Å²) in [4.78, 5) is 12.0. The maximum atomic E-state index is 12.0. The van der Waals surface area contributed by atoms with Gasteiger partial charge in [-0.05, 0) is 17.5 Å². The number of hydrogen-bond acceptors (Lipinski definition) is 3. The first-order chi connectivity index (χ1) is 12.2. The second-order valence-electron chi connectivity index (χ2n) is 7.23. The predicted molar refractivity (Wildman–Crippen MR) is 96.3 cm³/mol. The number of hydrogen-bond donors (Lipinski definition) is 0. The van der Waals surface area contributed by atoms with Gasteiger partial charge in [0.05, 0.1) is 25.0 Å². The highest BCUT2D eigenvalue weighted by atomic mass is 16.7.